The third-order valence-corrected chi connectivity index (χ3v) is 9.25. The first-order valence-corrected chi connectivity index (χ1v) is 13.6. The normalized spacial score (nSPS) is 34.1. The van der Waals surface area contributed by atoms with Crippen molar-refractivity contribution in [2.75, 3.05) is 31.6 Å². The van der Waals surface area contributed by atoms with Crippen molar-refractivity contribution in [3.05, 3.63) is 53.6 Å². The third-order valence-electron chi connectivity index (χ3n) is 9.25. The highest BCUT2D eigenvalue weighted by molar-refractivity contribution is 6.06. The molecule has 4 aliphatic rings. The van der Waals surface area contributed by atoms with Crippen LogP contribution in [0.2, 0.25) is 0 Å². The number of ether oxygens (including phenoxy) is 1. The van der Waals surface area contributed by atoms with E-state index in [2.05, 4.69) is 0 Å². The van der Waals surface area contributed by atoms with Crippen LogP contribution in [0.25, 0.3) is 0 Å². The van der Waals surface area contributed by atoms with E-state index >= 15 is 0 Å². The van der Waals surface area contributed by atoms with Crippen molar-refractivity contribution in [2.24, 2.45) is 17.8 Å². The lowest BCUT2D eigenvalue weighted by molar-refractivity contribution is -0.152. The van der Waals surface area contributed by atoms with Gasteiger partial charge in [0.15, 0.2) is 0 Å². The molecule has 8 nitrogen and oxygen atoms in total. The lowest BCUT2D eigenvalue weighted by atomic mass is 9.74. The van der Waals surface area contributed by atoms with E-state index in [-0.39, 0.29) is 30.2 Å². The largest absolute Gasteiger partial charge is 0.394 e. The SMILES string of the molecule is CC[C@H](C)[C@H](CO)N1C(=O)[C@@H]2[C@H]3C(=O)N(C)CC=C[C@@]3(C)O[C@@]23C=CCN(c2c(C)cccc2C)C(=O)C13. The summed E-state index contributed by atoms with van der Waals surface area (Å²) in [6.07, 6.45) is 8.25. The summed E-state index contributed by atoms with van der Waals surface area (Å²) in [7, 11) is 1.73. The maximum Gasteiger partial charge on any atom is 0.253 e. The molecule has 8 heteroatoms. The van der Waals surface area contributed by atoms with Gasteiger partial charge >= 0.3 is 0 Å². The van der Waals surface area contributed by atoms with Gasteiger partial charge < -0.3 is 24.5 Å². The van der Waals surface area contributed by atoms with Gasteiger partial charge in [0, 0.05) is 25.8 Å². The zero-order chi connectivity index (χ0) is 27.6. The summed E-state index contributed by atoms with van der Waals surface area (Å²) < 4.78 is 6.86. The number of rotatable bonds is 5. The third kappa shape index (κ3) is 3.60. The van der Waals surface area contributed by atoms with Crippen molar-refractivity contribution in [2.45, 2.75) is 64.3 Å². The van der Waals surface area contributed by atoms with Gasteiger partial charge in [-0.3, -0.25) is 14.4 Å². The number of benzene rings is 1. The Kier molecular flexibility index (Phi) is 6.55. The van der Waals surface area contributed by atoms with Gasteiger partial charge in [0.2, 0.25) is 11.8 Å². The smallest absolute Gasteiger partial charge is 0.253 e. The molecule has 0 saturated carbocycles. The van der Waals surface area contributed by atoms with Crippen LogP contribution >= 0.6 is 0 Å². The Morgan fingerprint density at radius 1 is 1.03 bits per heavy atom. The van der Waals surface area contributed by atoms with Crippen molar-refractivity contribution < 1.29 is 24.2 Å². The van der Waals surface area contributed by atoms with Gasteiger partial charge in [0.05, 0.1) is 30.1 Å². The van der Waals surface area contributed by atoms with Crippen LogP contribution in [0.15, 0.2) is 42.5 Å². The predicted octanol–water partition coefficient (Wildman–Crippen LogP) is 2.61. The lowest BCUT2D eigenvalue weighted by Crippen LogP contribution is -2.60. The highest BCUT2D eigenvalue weighted by Crippen LogP contribution is 2.58. The van der Waals surface area contributed by atoms with Gasteiger partial charge in [-0.05, 0) is 37.8 Å². The molecule has 0 aromatic heterocycles. The number of aliphatic hydroxyl groups excluding tert-OH is 1. The summed E-state index contributed by atoms with van der Waals surface area (Å²) in [5.41, 5.74) is 0.349. The van der Waals surface area contributed by atoms with E-state index in [9.17, 15) is 19.5 Å². The van der Waals surface area contributed by atoms with Gasteiger partial charge in [0.25, 0.3) is 5.91 Å². The number of hydrogen-bond donors (Lipinski definition) is 1. The van der Waals surface area contributed by atoms with Crippen LogP contribution in [0.1, 0.15) is 38.3 Å². The molecule has 0 radical (unpaired) electrons. The van der Waals surface area contributed by atoms with E-state index in [1.807, 2.05) is 77.1 Å². The molecule has 1 aromatic carbocycles. The number of carbonyl (C=O) groups excluding carboxylic acids is 3. The maximum absolute atomic E-state index is 14.7. The molecular weight excluding hydrogens is 482 g/mol. The van der Waals surface area contributed by atoms with E-state index in [0.717, 1.165) is 23.2 Å². The first-order chi connectivity index (χ1) is 18.0. The Labute approximate surface area is 224 Å². The van der Waals surface area contributed by atoms with Crippen LogP contribution < -0.4 is 4.90 Å². The second kappa shape index (κ2) is 9.35. The Hall–Kier alpha value is -2.97. The molecule has 38 heavy (non-hydrogen) atoms. The average molecular weight is 522 g/mol. The Balaban J connectivity index is 1.72. The van der Waals surface area contributed by atoms with Crippen molar-refractivity contribution >= 4 is 23.4 Å². The molecule has 1 aromatic rings. The van der Waals surface area contributed by atoms with Crippen LogP contribution in [0.5, 0.6) is 0 Å². The molecule has 3 amide bonds. The molecule has 0 bridgehead atoms. The number of hydrogen-bond acceptors (Lipinski definition) is 5. The summed E-state index contributed by atoms with van der Waals surface area (Å²) in [5.74, 6) is -2.46. The van der Waals surface area contributed by atoms with Crippen LogP contribution in [-0.4, -0.2) is 82.7 Å². The first kappa shape index (κ1) is 26.6. The summed E-state index contributed by atoms with van der Waals surface area (Å²) in [6, 6.07) is 4.31. The number of aryl methyl sites for hydroxylation is 2. The van der Waals surface area contributed by atoms with Gasteiger partial charge in [-0.1, -0.05) is 62.8 Å². The number of carbonyl (C=O) groups is 3. The topological polar surface area (TPSA) is 90.4 Å². The lowest BCUT2D eigenvalue weighted by Gasteiger charge is -2.41. The number of nitrogens with zero attached hydrogens (tertiary/aromatic N) is 3. The van der Waals surface area contributed by atoms with E-state index in [1.165, 1.54) is 0 Å². The molecule has 2 fully saturated rings. The molecule has 1 unspecified atom stereocenters. The fourth-order valence-electron chi connectivity index (χ4n) is 7.19. The van der Waals surface area contributed by atoms with Gasteiger partial charge in [-0.25, -0.2) is 0 Å². The Bertz CT molecular complexity index is 1210. The highest BCUT2D eigenvalue weighted by Gasteiger charge is 2.75. The average Bonchev–Trinajstić information content (AvgIpc) is 3.15. The van der Waals surface area contributed by atoms with Crippen LogP contribution in [0.3, 0.4) is 0 Å². The molecule has 1 spiro atoms. The van der Waals surface area contributed by atoms with E-state index < -0.39 is 35.1 Å². The van der Waals surface area contributed by atoms with E-state index in [0.29, 0.717) is 13.1 Å². The molecular formula is C30H39N3O5. The molecule has 0 aliphatic carbocycles. The molecule has 2 saturated heterocycles. The number of para-hydroxylation sites is 1. The fraction of sp³-hybridized carbons (Fsp3) is 0.567. The number of likely N-dealkylation sites (N-methyl/N-ethyl adjacent to an activating group) is 1. The summed E-state index contributed by atoms with van der Waals surface area (Å²) in [6.45, 7) is 10.2. The Morgan fingerprint density at radius 3 is 2.32 bits per heavy atom. The van der Waals surface area contributed by atoms with Gasteiger partial charge in [0.1, 0.15) is 11.6 Å². The van der Waals surface area contributed by atoms with Crippen molar-refractivity contribution in [3.63, 3.8) is 0 Å². The van der Waals surface area contributed by atoms with E-state index in [4.69, 9.17) is 4.74 Å². The molecule has 5 rings (SSSR count). The van der Waals surface area contributed by atoms with Crippen LogP contribution in [0, 0.1) is 31.6 Å². The summed E-state index contributed by atoms with van der Waals surface area (Å²) in [5, 5.41) is 10.5. The minimum absolute atomic E-state index is 0.0627. The van der Waals surface area contributed by atoms with Gasteiger partial charge in [-0.15, -0.1) is 0 Å². The molecule has 1 N–H and O–H groups in total. The number of fused-ring (bicyclic) bond motifs is 2. The monoisotopic (exact) mass is 521 g/mol. The second-order valence-corrected chi connectivity index (χ2v) is 11.6. The van der Waals surface area contributed by atoms with Crippen molar-refractivity contribution in [1.29, 1.82) is 0 Å². The minimum Gasteiger partial charge on any atom is -0.394 e. The quantitative estimate of drug-likeness (QED) is 0.602. The minimum atomic E-state index is -1.34. The number of aliphatic hydroxyl groups is 1. The van der Waals surface area contributed by atoms with Crippen LogP contribution in [0.4, 0.5) is 5.69 Å². The molecule has 7 atom stereocenters. The highest BCUT2D eigenvalue weighted by atomic mass is 16.5. The fourth-order valence-corrected chi connectivity index (χ4v) is 7.19. The van der Waals surface area contributed by atoms with Crippen LogP contribution in [-0.2, 0) is 19.1 Å². The number of amides is 3. The maximum atomic E-state index is 14.7. The van der Waals surface area contributed by atoms with Crippen molar-refractivity contribution in [1.82, 2.24) is 9.80 Å². The first-order valence-electron chi connectivity index (χ1n) is 13.6. The predicted molar refractivity (Wildman–Crippen MR) is 144 cm³/mol. The van der Waals surface area contributed by atoms with Gasteiger partial charge in [-0.2, -0.15) is 0 Å². The number of likely N-dealkylation sites (tertiary alicyclic amines) is 1. The molecule has 204 valence electrons. The summed E-state index contributed by atoms with van der Waals surface area (Å²) in [4.78, 5) is 47.9. The molecule has 4 aliphatic heterocycles. The number of anilines is 1. The molecule has 4 heterocycles. The Morgan fingerprint density at radius 2 is 1.68 bits per heavy atom. The zero-order valence-corrected chi connectivity index (χ0v) is 23.2. The van der Waals surface area contributed by atoms with Crippen molar-refractivity contribution in [3.8, 4) is 0 Å². The second-order valence-electron chi connectivity index (χ2n) is 11.6. The summed E-state index contributed by atoms with van der Waals surface area (Å²) >= 11 is 0. The zero-order valence-electron chi connectivity index (χ0n) is 23.2. The van der Waals surface area contributed by atoms with E-state index in [1.54, 1.807) is 21.7 Å². The standard InChI is InChI=1S/C30H39N3O5/c1-7-18(2)21(17-34)33-25-28(37)32(24-19(3)11-8-12-20(24)4)16-10-14-30(25)23(27(33)36)22-26(35)31(6)15-9-13-29(22,5)38-30/h8-14,18,21-23,25,34H,7,15-17H2,1-6H3/t18-,21-,22-,23-,25?,29+,30-/m0/s1.